The van der Waals surface area contributed by atoms with Crippen LogP contribution in [-0.2, 0) is 6.54 Å². The summed E-state index contributed by atoms with van der Waals surface area (Å²) in [5.74, 6) is 0.330. The average molecular weight is 550 g/mol. The Morgan fingerprint density at radius 2 is 1.82 bits per heavy atom. The molecular formula is C28H29F2N7O3. The fraction of sp³-hybridized carbons (Fsp3) is 0.250. The van der Waals surface area contributed by atoms with Gasteiger partial charge in [0.2, 0.25) is 0 Å². The highest BCUT2D eigenvalue weighted by Crippen LogP contribution is 2.27. The highest BCUT2D eigenvalue weighted by Gasteiger charge is 2.18. The first-order chi connectivity index (χ1) is 19.4. The summed E-state index contributed by atoms with van der Waals surface area (Å²) in [5.41, 5.74) is 0.705. The number of anilines is 3. The van der Waals surface area contributed by atoms with E-state index in [-0.39, 0.29) is 48.4 Å². The van der Waals surface area contributed by atoms with Crippen LogP contribution in [0.1, 0.15) is 36.1 Å². The van der Waals surface area contributed by atoms with E-state index in [2.05, 4.69) is 30.6 Å². The molecule has 0 radical (unpaired) electrons. The average Bonchev–Trinajstić information content (AvgIpc) is 2.93. The van der Waals surface area contributed by atoms with Crippen LogP contribution in [0.15, 0.2) is 54.9 Å². The summed E-state index contributed by atoms with van der Waals surface area (Å²) in [6, 6.07) is 10.8. The third-order valence-electron chi connectivity index (χ3n) is 5.64. The van der Waals surface area contributed by atoms with Gasteiger partial charge in [0.25, 0.3) is 0 Å². The van der Waals surface area contributed by atoms with E-state index in [0.29, 0.717) is 41.7 Å². The lowest BCUT2D eigenvalue weighted by Gasteiger charge is -2.16. The smallest absolute Gasteiger partial charge is 0.180 e. The molecule has 10 nitrogen and oxygen atoms in total. The maximum absolute atomic E-state index is 14.6. The Kier molecular flexibility index (Phi) is 9.47. The molecule has 0 unspecified atom stereocenters. The monoisotopic (exact) mass is 549 g/mol. The predicted octanol–water partition coefficient (Wildman–Crippen LogP) is 4.78. The molecule has 0 spiro atoms. The second-order valence-corrected chi connectivity index (χ2v) is 8.52. The van der Waals surface area contributed by atoms with Gasteiger partial charge in [-0.3, -0.25) is 5.41 Å². The zero-order chi connectivity index (χ0) is 28.5. The van der Waals surface area contributed by atoms with Crippen molar-refractivity contribution in [1.82, 2.24) is 19.9 Å². The number of rotatable bonds is 13. The molecule has 12 heteroatoms. The SMILES string of the molecule is CCOc1cc(F)c(CNc2ccccc2C(=N)c2ncc(OCCCO)c(Nc3ccnc(C)n3)n2)c(F)c1. The molecule has 2 aromatic heterocycles. The van der Waals surface area contributed by atoms with Crippen LogP contribution < -0.4 is 20.1 Å². The largest absolute Gasteiger partial charge is 0.494 e. The van der Waals surface area contributed by atoms with Crippen molar-refractivity contribution in [3.05, 3.63) is 89.3 Å². The Morgan fingerprint density at radius 1 is 1.05 bits per heavy atom. The van der Waals surface area contributed by atoms with E-state index in [9.17, 15) is 8.78 Å². The van der Waals surface area contributed by atoms with Gasteiger partial charge in [0.05, 0.1) is 19.4 Å². The maximum atomic E-state index is 14.6. The zero-order valence-corrected chi connectivity index (χ0v) is 22.0. The molecule has 0 amide bonds. The molecule has 0 aliphatic carbocycles. The second kappa shape index (κ2) is 13.4. The molecule has 4 rings (SSSR count). The standard InChI is InChI=1S/C28H29F2N7O3/c1-3-39-18-13-21(29)20(22(30)14-18)15-33-23-8-5-4-7-19(23)26(31)28-34-16-24(40-12-6-11-38)27(37-28)36-25-9-10-32-17(2)35-25/h4-5,7-10,13-14,16,31,33,38H,3,6,11-12,15H2,1-2H3,(H,32,34,35,36,37). The number of hydrogen-bond acceptors (Lipinski definition) is 10. The van der Waals surface area contributed by atoms with E-state index in [0.717, 1.165) is 12.1 Å². The Hall–Kier alpha value is -4.71. The van der Waals surface area contributed by atoms with Crippen molar-refractivity contribution in [2.75, 3.05) is 30.5 Å². The third-order valence-corrected chi connectivity index (χ3v) is 5.64. The number of nitrogens with one attached hydrogen (secondary N) is 3. The molecular weight excluding hydrogens is 520 g/mol. The van der Waals surface area contributed by atoms with Gasteiger partial charge in [0, 0.05) is 54.7 Å². The number of halogens is 2. The lowest BCUT2D eigenvalue weighted by atomic mass is 10.1. The number of ether oxygens (including phenoxy) is 2. The molecule has 4 aromatic rings. The topological polar surface area (TPSA) is 138 Å². The first kappa shape index (κ1) is 28.3. The number of hydrogen-bond donors (Lipinski definition) is 4. The van der Waals surface area contributed by atoms with Gasteiger partial charge in [-0.15, -0.1) is 0 Å². The minimum Gasteiger partial charge on any atom is -0.494 e. The molecule has 208 valence electrons. The predicted molar refractivity (Wildman–Crippen MR) is 147 cm³/mol. The van der Waals surface area contributed by atoms with Gasteiger partial charge >= 0.3 is 0 Å². The number of benzene rings is 2. The first-order valence-electron chi connectivity index (χ1n) is 12.6. The van der Waals surface area contributed by atoms with E-state index in [1.165, 1.54) is 6.20 Å². The molecule has 40 heavy (non-hydrogen) atoms. The van der Waals surface area contributed by atoms with E-state index >= 15 is 0 Å². The van der Waals surface area contributed by atoms with E-state index in [1.807, 2.05) is 0 Å². The fourth-order valence-electron chi connectivity index (χ4n) is 3.74. The molecule has 0 saturated heterocycles. The summed E-state index contributed by atoms with van der Waals surface area (Å²) in [5, 5.41) is 24.0. The number of aliphatic hydroxyl groups excluding tert-OH is 1. The Bertz CT molecular complexity index is 1460. The zero-order valence-electron chi connectivity index (χ0n) is 22.0. The van der Waals surface area contributed by atoms with Gasteiger partial charge in [0.1, 0.15) is 34.7 Å². The van der Waals surface area contributed by atoms with Crippen molar-refractivity contribution < 1.29 is 23.4 Å². The summed E-state index contributed by atoms with van der Waals surface area (Å²) in [6.45, 7) is 3.81. The molecule has 2 heterocycles. The van der Waals surface area contributed by atoms with Crippen molar-refractivity contribution in [3.8, 4) is 11.5 Å². The van der Waals surface area contributed by atoms with E-state index in [1.54, 1.807) is 50.4 Å². The maximum Gasteiger partial charge on any atom is 0.180 e. The van der Waals surface area contributed by atoms with Gasteiger partial charge in [0.15, 0.2) is 17.4 Å². The summed E-state index contributed by atoms with van der Waals surface area (Å²) in [4.78, 5) is 17.2. The highest BCUT2D eigenvalue weighted by molar-refractivity contribution is 6.12. The van der Waals surface area contributed by atoms with Crippen molar-refractivity contribution >= 4 is 23.0 Å². The minimum atomic E-state index is -0.737. The summed E-state index contributed by atoms with van der Waals surface area (Å²) < 4.78 is 40.1. The van der Waals surface area contributed by atoms with Crippen LogP contribution in [0.2, 0.25) is 0 Å². The summed E-state index contributed by atoms with van der Waals surface area (Å²) in [6.07, 6.45) is 3.45. The number of para-hydroxylation sites is 1. The summed E-state index contributed by atoms with van der Waals surface area (Å²) in [7, 11) is 0. The molecule has 0 aliphatic rings. The van der Waals surface area contributed by atoms with Crippen LogP contribution in [0.5, 0.6) is 11.5 Å². The van der Waals surface area contributed by atoms with Gasteiger partial charge in [-0.1, -0.05) is 18.2 Å². The first-order valence-corrected chi connectivity index (χ1v) is 12.6. The lowest BCUT2D eigenvalue weighted by Crippen LogP contribution is -2.14. The van der Waals surface area contributed by atoms with Crippen molar-refractivity contribution in [2.24, 2.45) is 0 Å². The second-order valence-electron chi connectivity index (χ2n) is 8.52. The van der Waals surface area contributed by atoms with E-state index in [4.69, 9.17) is 20.0 Å². The van der Waals surface area contributed by atoms with Crippen molar-refractivity contribution in [3.63, 3.8) is 0 Å². The van der Waals surface area contributed by atoms with Crippen LogP contribution in [0.25, 0.3) is 0 Å². The van der Waals surface area contributed by atoms with Gasteiger partial charge in [-0.25, -0.2) is 28.7 Å². The van der Waals surface area contributed by atoms with Gasteiger partial charge in [-0.05, 0) is 26.0 Å². The summed E-state index contributed by atoms with van der Waals surface area (Å²) >= 11 is 0. The van der Waals surface area contributed by atoms with Crippen LogP contribution in [0, 0.1) is 24.0 Å². The normalized spacial score (nSPS) is 10.7. The van der Waals surface area contributed by atoms with Crippen LogP contribution >= 0.6 is 0 Å². The van der Waals surface area contributed by atoms with E-state index < -0.39 is 11.6 Å². The number of aryl methyl sites for hydroxylation is 1. The lowest BCUT2D eigenvalue weighted by molar-refractivity contribution is 0.233. The Labute approximate surface area is 230 Å². The van der Waals surface area contributed by atoms with Crippen LogP contribution in [0.3, 0.4) is 0 Å². The molecule has 2 aromatic carbocycles. The number of nitrogens with zero attached hydrogens (tertiary/aromatic N) is 4. The van der Waals surface area contributed by atoms with Crippen LogP contribution in [-0.4, -0.2) is 50.6 Å². The molecule has 0 atom stereocenters. The molecule has 0 aliphatic heterocycles. The van der Waals surface area contributed by atoms with Crippen LogP contribution in [0.4, 0.5) is 26.1 Å². The van der Waals surface area contributed by atoms with Gasteiger partial charge < -0.3 is 25.2 Å². The van der Waals surface area contributed by atoms with Crippen molar-refractivity contribution in [1.29, 1.82) is 5.41 Å². The molecule has 0 fully saturated rings. The third kappa shape index (κ3) is 7.03. The Balaban J connectivity index is 1.60. The molecule has 4 N–H and O–H groups in total. The molecule has 0 saturated carbocycles. The van der Waals surface area contributed by atoms with Crippen molar-refractivity contribution in [2.45, 2.75) is 26.8 Å². The minimum absolute atomic E-state index is 0.0282. The number of aromatic nitrogens is 4. The Morgan fingerprint density at radius 3 is 2.55 bits per heavy atom. The molecule has 0 bridgehead atoms. The number of aliphatic hydroxyl groups is 1. The highest BCUT2D eigenvalue weighted by atomic mass is 19.1. The fourth-order valence-corrected chi connectivity index (χ4v) is 3.74. The van der Waals surface area contributed by atoms with Gasteiger partial charge in [-0.2, -0.15) is 0 Å². The quantitative estimate of drug-likeness (QED) is 0.137.